The van der Waals surface area contributed by atoms with Gasteiger partial charge in [-0.2, -0.15) is 8.42 Å². The van der Waals surface area contributed by atoms with Crippen molar-refractivity contribution in [1.29, 1.82) is 0 Å². The number of hydrogen-bond acceptors (Lipinski definition) is 6. The van der Waals surface area contributed by atoms with Gasteiger partial charge in [0.2, 0.25) is 0 Å². The van der Waals surface area contributed by atoms with Crippen LogP contribution in [0.3, 0.4) is 0 Å². The molecule has 4 aromatic rings. The molecule has 1 aliphatic carbocycles. The minimum Gasteiger partial charge on any atom is -0.327 e. The second kappa shape index (κ2) is 6.87. The van der Waals surface area contributed by atoms with E-state index in [2.05, 4.69) is 9.97 Å². The van der Waals surface area contributed by atoms with E-state index in [1.807, 2.05) is 11.5 Å². The highest BCUT2D eigenvalue weighted by Crippen LogP contribution is 2.41. The lowest BCUT2D eigenvalue weighted by molar-refractivity contribution is 0.220. The Kier molecular flexibility index (Phi) is 4.47. The third-order valence-electron chi connectivity index (χ3n) is 5.84. The lowest BCUT2D eigenvalue weighted by Gasteiger charge is -2.35. The van der Waals surface area contributed by atoms with Crippen LogP contribution in [-0.4, -0.2) is 45.6 Å². The van der Waals surface area contributed by atoms with Crippen LogP contribution in [0.25, 0.3) is 22.1 Å². The number of benzene rings is 1. The maximum Gasteiger partial charge on any atom is 0.269 e. The molecule has 0 saturated heterocycles. The van der Waals surface area contributed by atoms with Crippen molar-refractivity contribution in [2.24, 2.45) is 5.92 Å². The molecule has 0 unspecified atom stereocenters. The molecule has 1 aliphatic rings. The van der Waals surface area contributed by atoms with Gasteiger partial charge in [0.1, 0.15) is 5.52 Å². The first-order valence-corrected chi connectivity index (χ1v) is 12.8. The standard InChI is InChI=1S/C20H20N4O5S2/c1-13-2-4-16(5-3-13)31(28,29)24-7-6-17-19-18(10-21-20(17)24)22-12-23(19)15-8-14(9-15)11-30(25,26)27/h2-7,10,12,14-15H,8-9,11H2,1H3,(H,25,26,27)/t14-,15+. The van der Waals surface area contributed by atoms with Crippen molar-refractivity contribution in [1.82, 2.24) is 18.5 Å². The zero-order valence-corrected chi connectivity index (χ0v) is 18.2. The predicted octanol–water partition coefficient (Wildman–Crippen LogP) is 2.77. The molecule has 11 heteroatoms. The predicted molar refractivity (Wildman–Crippen MR) is 115 cm³/mol. The van der Waals surface area contributed by atoms with E-state index >= 15 is 0 Å². The van der Waals surface area contributed by atoms with Crippen molar-refractivity contribution in [2.45, 2.75) is 30.7 Å². The Morgan fingerprint density at radius 2 is 1.77 bits per heavy atom. The van der Waals surface area contributed by atoms with Crippen molar-refractivity contribution in [2.75, 3.05) is 5.75 Å². The maximum atomic E-state index is 13.2. The van der Waals surface area contributed by atoms with Crippen LogP contribution in [0.2, 0.25) is 0 Å². The SMILES string of the molecule is Cc1ccc(S(=O)(=O)n2ccc3c2ncc2ncn([C@H]4C[C@@H](CS(=O)(=O)O)C4)c23)cc1. The fourth-order valence-corrected chi connectivity index (χ4v) is 6.41. The first kappa shape index (κ1) is 20.2. The summed E-state index contributed by atoms with van der Waals surface area (Å²) in [5, 5.41) is 0.656. The molecule has 0 aliphatic heterocycles. The second-order valence-electron chi connectivity index (χ2n) is 8.05. The van der Waals surface area contributed by atoms with E-state index in [9.17, 15) is 16.8 Å². The van der Waals surface area contributed by atoms with Crippen LogP contribution in [-0.2, 0) is 20.1 Å². The molecule has 1 fully saturated rings. The third-order valence-corrected chi connectivity index (χ3v) is 8.41. The van der Waals surface area contributed by atoms with Gasteiger partial charge >= 0.3 is 0 Å². The van der Waals surface area contributed by atoms with Crippen molar-refractivity contribution in [3.05, 3.63) is 54.6 Å². The highest BCUT2D eigenvalue weighted by Gasteiger charge is 2.34. The molecular formula is C20H20N4O5S2. The van der Waals surface area contributed by atoms with E-state index in [0.717, 1.165) is 11.1 Å². The van der Waals surface area contributed by atoms with Crippen LogP contribution in [0.1, 0.15) is 24.4 Å². The van der Waals surface area contributed by atoms with E-state index < -0.39 is 20.1 Å². The topological polar surface area (TPSA) is 124 Å². The summed E-state index contributed by atoms with van der Waals surface area (Å²) in [5.74, 6) is -0.362. The van der Waals surface area contributed by atoms with Crippen LogP contribution in [0.4, 0.5) is 0 Å². The number of pyridine rings is 1. The molecule has 0 bridgehead atoms. The summed E-state index contributed by atoms with van der Waals surface area (Å²) in [6.45, 7) is 1.89. The molecule has 5 rings (SSSR count). The zero-order valence-electron chi connectivity index (χ0n) is 16.6. The summed E-state index contributed by atoms with van der Waals surface area (Å²) in [4.78, 5) is 8.92. The molecule has 3 aromatic heterocycles. The Balaban J connectivity index is 1.56. The fourth-order valence-electron chi connectivity index (χ4n) is 4.24. The van der Waals surface area contributed by atoms with E-state index in [-0.39, 0.29) is 22.6 Å². The van der Waals surface area contributed by atoms with Gasteiger partial charge in [-0.05, 0) is 43.9 Å². The Bertz CT molecular complexity index is 1510. The van der Waals surface area contributed by atoms with Gasteiger partial charge in [0.25, 0.3) is 20.1 Å². The van der Waals surface area contributed by atoms with Gasteiger partial charge in [-0.15, -0.1) is 0 Å². The van der Waals surface area contributed by atoms with E-state index in [1.165, 1.54) is 10.2 Å². The molecule has 0 amide bonds. The van der Waals surface area contributed by atoms with Gasteiger partial charge in [-0.1, -0.05) is 17.7 Å². The first-order chi connectivity index (χ1) is 14.6. The van der Waals surface area contributed by atoms with Crippen LogP contribution in [0.15, 0.2) is 53.9 Å². The van der Waals surface area contributed by atoms with Gasteiger partial charge in [0.15, 0.2) is 5.65 Å². The smallest absolute Gasteiger partial charge is 0.269 e. The monoisotopic (exact) mass is 460 g/mol. The molecule has 3 heterocycles. The van der Waals surface area contributed by atoms with Crippen LogP contribution < -0.4 is 0 Å². The Morgan fingerprint density at radius 3 is 2.45 bits per heavy atom. The molecular weight excluding hydrogens is 440 g/mol. The maximum absolute atomic E-state index is 13.2. The highest BCUT2D eigenvalue weighted by atomic mass is 32.2. The first-order valence-electron chi connectivity index (χ1n) is 9.73. The number of rotatable bonds is 5. The van der Waals surface area contributed by atoms with Crippen molar-refractivity contribution >= 4 is 42.2 Å². The van der Waals surface area contributed by atoms with Crippen LogP contribution in [0, 0.1) is 12.8 Å². The summed E-state index contributed by atoms with van der Waals surface area (Å²) in [5.41, 5.74) is 2.67. The number of nitrogens with zero attached hydrogens (tertiary/aromatic N) is 4. The summed E-state index contributed by atoms with van der Waals surface area (Å²) in [6, 6.07) is 8.38. The summed E-state index contributed by atoms with van der Waals surface area (Å²) < 4.78 is 60.8. The van der Waals surface area contributed by atoms with Crippen molar-refractivity contribution in [3.8, 4) is 0 Å². The molecule has 1 N–H and O–H groups in total. The minimum absolute atomic E-state index is 0.0272. The van der Waals surface area contributed by atoms with Crippen LogP contribution >= 0.6 is 0 Å². The number of imidazole rings is 1. The highest BCUT2D eigenvalue weighted by molar-refractivity contribution is 7.90. The van der Waals surface area contributed by atoms with E-state index in [4.69, 9.17) is 4.55 Å². The third kappa shape index (κ3) is 3.42. The molecule has 0 atom stereocenters. The zero-order chi connectivity index (χ0) is 22.0. The number of hydrogen-bond donors (Lipinski definition) is 1. The Morgan fingerprint density at radius 1 is 1.06 bits per heavy atom. The van der Waals surface area contributed by atoms with E-state index in [0.29, 0.717) is 29.4 Å². The number of aryl methyl sites for hydroxylation is 1. The molecule has 1 aromatic carbocycles. The largest absolute Gasteiger partial charge is 0.327 e. The summed E-state index contributed by atoms with van der Waals surface area (Å²) in [6.07, 6.45) is 5.90. The van der Waals surface area contributed by atoms with Crippen LogP contribution in [0.5, 0.6) is 0 Å². The fraction of sp³-hybridized carbons (Fsp3) is 0.300. The number of aromatic nitrogens is 4. The molecule has 162 valence electrons. The molecule has 0 spiro atoms. The molecule has 0 radical (unpaired) electrons. The van der Waals surface area contributed by atoms with Gasteiger partial charge in [-0.25, -0.2) is 22.4 Å². The second-order valence-corrected chi connectivity index (χ2v) is 11.4. The van der Waals surface area contributed by atoms with Gasteiger partial charge in [0, 0.05) is 17.6 Å². The van der Waals surface area contributed by atoms with E-state index in [1.54, 1.807) is 42.9 Å². The Hall–Kier alpha value is -2.76. The normalized spacial score (nSPS) is 19.7. The molecule has 31 heavy (non-hydrogen) atoms. The average Bonchev–Trinajstić information content (AvgIpc) is 3.28. The van der Waals surface area contributed by atoms with Gasteiger partial charge in [-0.3, -0.25) is 4.55 Å². The minimum atomic E-state index is -4.00. The molecule has 1 saturated carbocycles. The average molecular weight is 461 g/mol. The molecule has 9 nitrogen and oxygen atoms in total. The summed E-state index contributed by atoms with van der Waals surface area (Å²) in [7, 11) is -7.82. The van der Waals surface area contributed by atoms with Crippen molar-refractivity contribution in [3.63, 3.8) is 0 Å². The van der Waals surface area contributed by atoms with Crippen molar-refractivity contribution < 1.29 is 21.4 Å². The lowest BCUT2D eigenvalue weighted by Crippen LogP contribution is -2.31. The lowest BCUT2D eigenvalue weighted by atomic mass is 9.81. The van der Waals surface area contributed by atoms with Gasteiger partial charge in [0.05, 0.1) is 28.7 Å². The quantitative estimate of drug-likeness (QED) is 0.454. The van der Waals surface area contributed by atoms with Gasteiger partial charge < -0.3 is 4.57 Å². The number of fused-ring (bicyclic) bond motifs is 3. The Labute approximate surface area is 179 Å². The summed E-state index contributed by atoms with van der Waals surface area (Å²) >= 11 is 0.